The molecular weight excluding hydrogens is 408 g/mol. The lowest BCUT2D eigenvalue weighted by Gasteiger charge is -2.24. The minimum atomic E-state index is -0.291. The fourth-order valence-corrected chi connectivity index (χ4v) is 4.75. The summed E-state index contributed by atoms with van der Waals surface area (Å²) in [5, 5.41) is 14.8. The second-order valence-corrected chi connectivity index (χ2v) is 10.8. The number of rotatable bonds is 5. The Labute approximate surface area is 188 Å². The summed E-state index contributed by atoms with van der Waals surface area (Å²) in [7, 11) is 0. The maximum atomic E-state index is 12.6. The lowest BCUT2D eigenvalue weighted by atomic mass is 10.0. The number of nitrogens with one attached hydrogen (secondary N) is 2. The fourth-order valence-electron chi connectivity index (χ4n) is 4.75. The van der Waals surface area contributed by atoms with Crippen LogP contribution in [0, 0.1) is 6.92 Å². The maximum absolute atomic E-state index is 12.6. The molecule has 1 saturated heterocycles. The lowest BCUT2D eigenvalue weighted by Crippen LogP contribution is -2.36. The zero-order chi connectivity index (χ0) is 23.3. The first-order valence-corrected chi connectivity index (χ1v) is 11.3. The number of hydrogen-bond donors (Lipinski definition) is 2. The molecule has 9 nitrogen and oxygen atoms in total. The number of urea groups is 1. The average molecular weight is 443 g/mol. The Kier molecular flexibility index (Phi) is 5.55. The van der Waals surface area contributed by atoms with Gasteiger partial charge in [0, 0.05) is 30.6 Å². The Hall–Kier alpha value is -2.84. The van der Waals surface area contributed by atoms with E-state index in [4.69, 9.17) is 9.62 Å². The van der Waals surface area contributed by atoms with Crippen LogP contribution in [-0.2, 0) is 16.8 Å². The molecule has 1 aliphatic heterocycles. The van der Waals surface area contributed by atoms with Crippen molar-refractivity contribution in [3.8, 4) is 0 Å². The average Bonchev–Trinajstić information content (AvgIpc) is 3.41. The molecule has 3 heterocycles. The molecule has 3 amide bonds. The zero-order valence-electron chi connectivity index (χ0n) is 19.9. The number of anilines is 1. The van der Waals surface area contributed by atoms with Crippen molar-refractivity contribution >= 4 is 17.8 Å². The third-order valence-corrected chi connectivity index (χ3v) is 6.18. The summed E-state index contributed by atoms with van der Waals surface area (Å²) in [6, 6.07) is 3.99. The van der Waals surface area contributed by atoms with Crippen molar-refractivity contribution in [3.63, 3.8) is 0 Å². The summed E-state index contributed by atoms with van der Waals surface area (Å²) in [6.45, 7) is 12.8. The van der Waals surface area contributed by atoms with E-state index in [1.54, 1.807) is 6.07 Å². The van der Waals surface area contributed by atoms with Crippen LogP contribution < -0.4 is 10.6 Å². The van der Waals surface area contributed by atoms with E-state index in [0.717, 1.165) is 37.2 Å². The van der Waals surface area contributed by atoms with Crippen molar-refractivity contribution in [2.75, 3.05) is 11.9 Å². The molecule has 1 saturated carbocycles. The molecule has 2 atom stereocenters. The standard InChI is InChI=1S/C23H34N6O3/c1-14-9-17(32-27-14)11-20(30)24-19-12-18(26-29(19)22(2,3)4)15-7-8-16(10-15)28-13-23(5,6)25-21(28)31/h9,12,15-16H,7-8,10-11,13H2,1-6H3,(H,24,30)(H,25,31)/t15-,16+/m0/s1. The van der Waals surface area contributed by atoms with E-state index in [1.807, 2.05) is 22.6 Å². The van der Waals surface area contributed by atoms with E-state index in [-0.39, 0.29) is 41.4 Å². The van der Waals surface area contributed by atoms with Crippen LogP contribution in [0.5, 0.6) is 0 Å². The molecule has 174 valence electrons. The molecule has 0 aromatic carbocycles. The molecular formula is C23H34N6O3. The molecule has 2 aliphatic rings. The topological polar surface area (TPSA) is 105 Å². The van der Waals surface area contributed by atoms with Gasteiger partial charge in [-0.15, -0.1) is 0 Å². The van der Waals surface area contributed by atoms with Gasteiger partial charge >= 0.3 is 6.03 Å². The van der Waals surface area contributed by atoms with E-state index in [2.05, 4.69) is 50.4 Å². The van der Waals surface area contributed by atoms with Gasteiger partial charge < -0.3 is 20.1 Å². The van der Waals surface area contributed by atoms with Crippen molar-refractivity contribution in [3.05, 3.63) is 29.3 Å². The summed E-state index contributed by atoms with van der Waals surface area (Å²) in [6.07, 6.45) is 2.94. The third kappa shape index (κ3) is 4.66. The smallest absolute Gasteiger partial charge is 0.318 e. The largest absolute Gasteiger partial charge is 0.361 e. The zero-order valence-corrected chi connectivity index (χ0v) is 19.9. The van der Waals surface area contributed by atoms with Crippen molar-refractivity contribution in [2.45, 2.75) is 90.3 Å². The molecule has 0 radical (unpaired) electrons. The molecule has 9 heteroatoms. The monoisotopic (exact) mass is 442 g/mol. The Morgan fingerprint density at radius 1 is 1.31 bits per heavy atom. The Morgan fingerprint density at radius 2 is 2.06 bits per heavy atom. The molecule has 0 bridgehead atoms. The summed E-state index contributed by atoms with van der Waals surface area (Å²) in [4.78, 5) is 27.0. The van der Waals surface area contributed by atoms with Gasteiger partial charge in [-0.25, -0.2) is 9.48 Å². The first kappa shape index (κ1) is 22.4. The summed E-state index contributed by atoms with van der Waals surface area (Å²) in [5.41, 5.74) is 1.23. The highest BCUT2D eigenvalue weighted by molar-refractivity contribution is 5.91. The summed E-state index contributed by atoms with van der Waals surface area (Å²) in [5.74, 6) is 1.30. The van der Waals surface area contributed by atoms with Gasteiger partial charge in [0.2, 0.25) is 5.91 Å². The number of aryl methyl sites for hydroxylation is 1. The fraction of sp³-hybridized carbons (Fsp3) is 0.652. The van der Waals surface area contributed by atoms with Gasteiger partial charge in [-0.1, -0.05) is 5.16 Å². The second-order valence-electron chi connectivity index (χ2n) is 10.8. The maximum Gasteiger partial charge on any atom is 0.318 e. The number of nitrogens with zero attached hydrogens (tertiary/aromatic N) is 4. The van der Waals surface area contributed by atoms with E-state index in [1.165, 1.54) is 0 Å². The first-order chi connectivity index (χ1) is 14.9. The molecule has 1 aliphatic carbocycles. The molecule has 32 heavy (non-hydrogen) atoms. The van der Waals surface area contributed by atoms with Crippen LogP contribution in [0.1, 0.15) is 76.9 Å². The normalized spacial score (nSPS) is 22.9. The van der Waals surface area contributed by atoms with E-state index >= 15 is 0 Å². The van der Waals surface area contributed by atoms with Gasteiger partial charge in [0.05, 0.1) is 28.9 Å². The van der Waals surface area contributed by atoms with Gasteiger partial charge in [-0.2, -0.15) is 5.10 Å². The number of aromatic nitrogens is 3. The molecule has 0 unspecified atom stereocenters. The quantitative estimate of drug-likeness (QED) is 0.737. The number of carbonyl (C=O) groups is 2. The van der Waals surface area contributed by atoms with Gasteiger partial charge in [0.1, 0.15) is 11.6 Å². The molecule has 2 aromatic rings. The van der Waals surface area contributed by atoms with Crippen LogP contribution in [0.25, 0.3) is 0 Å². The minimum absolute atomic E-state index is 0.0245. The highest BCUT2D eigenvalue weighted by Gasteiger charge is 2.42. The first-order valence-electron chi connectivity index (χ1n) is 11.3. The van der Waals surface area contributed by atoms with Crippen LogP contribution in [0.4, 0.5) is 10.6 Å². The highest BCUT2D eigenvalue weighted by atomic mass is 16.5. The van der Waals surface area contributed by atoms with E-state index < -0.39 is 0 Å². The lowest BCUT2D eigenvalue weighted by molar-refractivity contribution is -0.115. The van der Waals surface area contributed by atoms with E-state index in [0.29, 0.717) is 11.6 Å². The van der Waals surface area contributed by atoms with Gasteiger partial charge in [-0.05, 0) is 60.8 Å². The minimum Gasteiger partial charge on any atom is -0.361 e. The molecule has 2 N–H and O–H groups in total. The van der Waals surface area contributed by atoms with Crippen molar-refractivity contribution in [1.29, 1.82) is 0 Å². The Bertz CT molecular complexity index is 1020. The molecule has 2 fully saturated rings. The Balaban J connectivity index is 1.48. The Morgan fingerprint density at radius 3 is 2.66 bits per heavy atom. The second kappa shape index (κ2) is 7.94. The van der Waals surface area contributed by atoms with Crippen molar-refractivity contribution < 1.29 is 14.1 Å². The number of amides is 3. The SMILES string of the molecule is Cc1cc(CC(=O)Nc2cc([C@H]3CC[C@@H](N4CC(C)(C)NC4=O)C3)nn2C(C)(C)C)on1. The third-order valence-electron chi connectivity index (χ3n) is 6.18. The number of carbonyl (C=O) groups excluding carboxylic acids is 2. The summed E-state index contributed by atoms with van der Waals surface area (Å²) < 4.78 is 7.05. The summed E-state index contributed by atoms with van der Waals surface area (Å²) >= 11 is 0. The predicted molar refractivity (Wildman–Crippen MR) is 120 cm³/mol. The van der Waals surface area contributed by atoms with Crippen molar-refractivity contribution in [1.82, 2.24) is 25.2 Å². The van der Waals surface area contributed by atoms with E-state index in [9.17, 15) is 9.59 Å². The predicted octanol–water partition coefficient (Wildman–Crippen LogP) is 3.56. The van der Waals surface area contributed by atoms with Crippen molar-refractivity contribution in [2.24, 2.45) is 0 Å². The molecule has 2 aromatic heterocycles. The van der Waals surface area contributed by atoms with Gasteiger partial charge in [0.25, 0.3) is 0 Å². The van der Waals surface area contributed by atoms with Crippen LogP contribution in [0.15, 0.2) is 16.7 Å². The molecule has 0 spiro atoms. The van der Waals surface area contributed by atoms with Crippen LogP contribution in [0.2, 0.25) is 0 Å². The van der Waals surface area contributed by atoms with Gasteiger partial charge in [0.15, 0.2) is 0 Å². The van der Waals surface area contributed by atoms with Gasteiger partial charge in [-0.3, -0.25) is 4.79 Å². The van der Waals surface area contributed by atoms with Crippen LogP contribution >= 0.6 is 0 Å². The highest BCUT2D eigenvalue weighted by Crippen LogP contribution is 2.39. The number of hydrogen-bond acceptors (Lipinski definition) is 5. The van der Waals surface area contributed by atoms with Crippen LogP contribution in [-0.4, -0.2) is 49.9 Å². The molecule has 4 rings (SSSR count). The van der Waals surface area contributed by atoms with Crippen LogP contribution in [0.3, 0.4) is 0 Å².